The van der Waals surface area contributed by atoms with E-state index in [1.54, 1.807) is 0 Å². The first kappa shape index (κ1) is 10.3. The first-order valence-corrected chi connectivity index (χ1v) is 5.79. The first-order valence-electron chi connectivity index (χ1n) is 5.79. The zero-order valence-corrected chi connectivity index (χ0v) is 9.72. The molecular formula is C16H14O. The first-order chi connectivity index (χ1) is 8.19. The van der Waals surface area contributed by atoms with E-state index in [1.807, 2.05) is 55.5 Å². The van der Waals surface area contributed by atoms with Crippen LogP contribution in [-0.2, 0) is 5.60 Å². The third-order valence-electron chi connectivity index (χ3n) is 3.41. The van der Waals surface area contributed by atoms with Crippen molar-refractivity contribution in [3.63, 3.8) is 0 Å². The maximum absolute atomic E-state index is 10.8. The van der Waals surface area contributed by atoms with E-state index in [2.05, 4.69) is 12.2 Å². The molecule has 0 heterocycles. The molecule has 0 atom stereocenters. The molecule has 0 bridgehead atoms. The zero-order valence-electron chi connectivity index (χ0n) is 9.72. The van der Waals surface area contributed by atoms with Crippen molar-refractivity contribution >= 4 is 12.2 Å². The molecule has 0 aromatic heterocycles. The largest absolute Gasteiger partial charge is 0.381 e. The molecule has 3 rings (SSSR count). The van der Waals surface area contributed by atoms with Crippen molar-refractivity contribution in [1.82, 2.24) is 0 Å². The third-order valence-corrected chi connectivity index (χ3v) is 3.41. The van der Waals surface area contributed by atoms with Crippen LogP contribution in [0.4, 0.5) is 0 Å². The average molecular weight is 222 g/mol. The molecule has 1 heteroatoms. The molecule has 0 unspecified atom stereocenters. The topological polar surface area (TPSA) is 20.2 Å². The third kappa shape index (κ3) is 1.51. The van der Waals surface area contributed by atoms with Gasteiger partial charge in [-0.2, -0.15) is 0 Å². The van der Waals surface area contributed by atoms with E-state index in [0.717, 1.165) is 22.3 Å². The Balaban J connectivity index is 2.34. The van der Waals surface area contributed by atoms with Crippen molar-refractivity contribution in [1.29, 1.82) is 0 Å². The average Bonchev–Trinajstić information content (AvgIpc) is 2.47. The van der Waals surface area contributed by atoms with Gasteiger partial charge >= 0.3 is 0 Å². The lowest BCUT2D eigenvalue weighted by Gasteiger charge is -2.26. The summed E-state index contributed by atoms with van der Waals surface area (Å²) in [6.45, 7) is 1.86. The molecule has 84 valence electrons. The number of benzene rings is 2. The summed E-state index contributed by atoms with van der Waals surface area (Å²) in [6, 6.07) is 16.0. The second-order valence-corrected chi connectivity index (χ2v) is 4.58. The summed E-state index contributed by atoms with van der Waals surface area (Å²) in [5.41, 5.74) is 3.14. The number of aliphatic hydroxyl groups is 1. The van der Waals surface area contributed by atoms with Gasteiger partial charge in [-0.1, -0.05) is 60.7 Å². The summed E-state index contributed by atoms with van der Waals surface area (Å²) in [5, 5.41) is 10.8. The van der Waals surface area contributed by atoms with Gasteiger partial charge < -0.3 is 5.11 Å². The number of hydrogen-bond acceptors (Lipinski definition) is 1. The van der Waals surface area contributed by atoms with Gasteiger partial charge in [0.25, 0.3) is 0 Å². The molecule has 0 saturated carbocycles. The lowest BCUT2D eigenvalue weighted by Crippen LogP contribution is -2.24. The van der Waals surface area contributed by atoms with Gasteiger partial charge in [0, 0.05) is 0 Å². The predicted molar refractivity (Wildman–Crippen MR) is 70.5 cm³/mol. The fourth-order valence-electron chi connectivity index (χ4n) is 2.50. The molecule has 2 aromatic rings. The Bertz CT molecular complexity index is 542. The van der Waals surface area contributed by atoms with Crippen molar-refractivity contribution in [2.24, 2.45) is 0 Å². The minimum absolute atomic E-state index is 0.934. The van der Waals surface area contributed by atoms with Gasteiger partial charge in [0.2, 0.25) is 0 Å². The van der Waals surface area contributed by atoms with E-state index >= 15 is 0 Å². The molecule has 1 aliphatic carbocycles. The van der Waals surface area contributed by atoms with Crippen molar-refractivity contribution in [2.75, 3.05) is 0 Å². The van der Waals surface area contributed by atoms with Gasteiger partial charge in [-0.15, -0.1) is 0 Å². The van der Waals surface area contributed by atoms with E-state index < -0.39 is 5.60 Å². The van der Waals surface area contributed by atoms with E-state index in [-0.39, 0.29) is 0 Å². The normalized spacial score (nSPS) is 15.9. The van der Waals surface area contributed by atoms with Gasteiger partial charge in [0.15, 0.2) is 0 Å². The summed E-state index contributed by atoms with van der Waals surface area (Å²) >= 11 is 0. The lowest BCUT2D eigenvalue weighted by molar-refractivity contribution is 0.102. The minimum atomic E-state index is -0.934. The van der Waals surface area contributed by atoms with Crippen molar-refractivity contribution in [3.05, 3.63) is 70.8 Å². The maximum atomic E-state index is 10.8. The Labute approximate surface area is 101 Å². The van der Waals surface area contributed by atoms with Crippen LogP contribution in [0.1, 0.15) is 29.2 Å². The molecule has 2 aromatic carbocycles. The highest BCUT2D eigenvalue weighted by Crippen LogP contribution is 2.37. The van der Waals surface area contributed by atoms with Crippen LogP contribution in [0.25, 0.3) is 12.2 Å². The Kier molecular flexibility index (Phi) is 2.17. The summed E-state index contributed by atoms with van der Waals surface area (Å²) in [6.07, 6.45) is 4.13. The SMILES string of the molecule is CC1(O)c2ccccc2C=Cc2ccccc21. The number of fused-ring (bicyclic) bond motifs is 2. The standard InChI is InChI=1S/C16H14O/c1-16(17)14-8-4-2-6-12(14)10-11-13-7-3-5-9-15(13)16/h2-11,17H,1H3. The molecule has 0 spiro atoms. The molecular weight excluding hydrogens is 208 g/mol. The summed E-state index contributed by atoms with van der Waals surface area (Å²) < 4.78 is 0. The molecule has 1 aliphatic rings. The summed E-state index contributed by atoms with van der Waals surface area (Å²) in [4.78, 5) is 0. The second kappa shape index (κ2) is 3.57. The molecule has 0 radical (unpaired) electrons. The van der Waals surface area contributed by atoms with E-state index in [9.17, 15) is 5.11 Å². The van der Waals surface area contributed by atoms with Crippen LogP contribution in [0.2, 0.25) is 0 Å². The molecule has 0 amide bonds. The van der Waals surface area contributed by atoms with Gasteiger partial charge in [0.1, 0.15) is 5.60 Å². The van der Waals surface area contributed by atoms with E-state index in [4.69, 9.17) is 0 Å². The molecule has 0 saturated heterocycles. The van der Waals surface area contributed by atoms with Crippen molar-refractivity contribution in [3.8, 4) is 0 Å². The Morgan fingerprint density at radius 1 is 0.765 bits per heavy atom. The monoisotopic (exact) mass is 222 g/mol. The van der Waals surface area contributed by atoms with Crippen LogP contribution in [-0.4, -0.2) is 5.11 Å². The van der Waals surface area contributed by atoms with E-state index in [1.165, 1.54) is 0 Å². The zero-order chi connectivity index (χ0) is 11.9. The van der Waals surface area contributed by atoms with Crippen LogP contribution in [0.15, 0.2) is 48.5 Å². The van der Waals surface area contributed by atoms with E-state index in [0.29, 0.717) is 0 Å². The van der Waals surface area contributed by atoms with Crippen LogP contribution in [0.5, 0.6) is 0 Å². The fourth-order valence-corrected chi connectivity index (χ4v) is 2.50. The van der Waals surface area contributed by atoms with Crippen molar-refractivity contribution < 1.29 is 5.11 Å². The van der Waals surface area contributed by atoms with Crippen molar-refractivity contribution in [2.45, 2.75) is 12.5 Å². The Hall–Kier alpha value is -1.86. The minimum Gasteiger partial charge on any atom is -0.381 e. The molecule has 1 nitrogen and oxygen atoms in total. The second-order valence-electron chi connectivity index (χ2n) is 4.58. The lowest BCUT2D eigenvalue weighted by atomic mass is 9.85. The maximum Gasteiger partial charge on any atom is 0.113 e. The predicted octanol–water partition coefficient (Wildman–Crippen LogP) is 3.43. The number of rotatable bonds is 0. The van der Waals surface area contributed by atoms with Gasteiger partial charge in [0.05, 0.1) is 0 Å². The highest BCUT2D eigenvalue weighted by Gasteiger charge is 2.30. The highest BCUT2D eigenvalue weighted by molar-refractivity contribution is 5.76. The van der Waals surface area contributed by atoms with Crippen LogP contribution < -0.4 is 0 Å². The van der Waals surface area contributed by atoms with Gasteiger partial charge in [-0.05, 0) is 29.2 Å². The summed E-state index contributed by atoms with van der Waals surface area (Å²) in [7, 11) is 0. The summed E-state index contributed by atoms with van der Waals surface area (Å²) in [5.74, 6) is 0. The van der Waals surface area contributed by atoms with Gasteiger partial charge in [-0.3, -0.25) is 0 Å². The van der Waals surface area contributed by atoms with Crippen LogP contribution >= 0.6 is 0 Å². The molecule has 0 fully saturated rings. The smallest absolute Gasteiger partial charge is 0.113 e. The molecule has 17 heavy (non-hydrogen) atoms. The van der Waals surface area contributed by atoms with Crippen LogP contribution in [0.3, 0.4) is 0 Å². The highest BCUT2D eigenvalue weighted by atomic mass is 16.3. The quantitative estimate of drug-likeness (QED) is 0.724. The molecule has 0 aliphatic heterocycles. The number of hydrogen-bond donors (Lipinski definition) is 1. The Morgan fingerprint density at radius 3 is 1.65 bits per heavy atom. The van der Waals surface area contributed by atoms with Gasteiger partial charge in [-0.25, -0.2) is 0 Å². The fraction of sp³-hybridized carbons (Fsp3) is 0.125. The van der Waals surface area contributed by atoms with Crippen LogP contribution in [0, 0.1) is 0 Å². The molecule has 1 N–H and O–H groups in total. The Morgan fingerprint density at radius 2 is 1.18 bits per heavy atom.